The van der Waals surface area contributed by atoms with Gasteiger partial charge in [0, 0.05) is 18.5 Å². The highest BCUT2D eigenvalue weighted by molar-refractivity contribution is 5.85. The molecule has 2 aliphatic rings. The van der Waals surface area contributed by atoms with Crippen LogP contribution in [0.15, 0.2) is 42.5 Å². The summed E-state index contributed by atoms with van der Waals surface area (Å²) in [6.45, 7) is 2.74. The van der Waals surface area contributed by atoms with Crippen LogP contribution in [0.25, 0.3) is 0 Å². The lowest BCUT2D eigenvalue weighted by molar-refractivity contribution is 0.173. The summed E-state index contributed by atoms with van der Waals surface area (Å²) in [6, 6.07) is 12.5. The highest BCUT2D eigenvalue weighted by Gasteiger charge is 2.27. The van der Waals surface area contributed by atoms with Gasteiger partial charge in [-0.25, -0.2) is 4.39 Å². The Balaban J connectivity index is 0.00000121. The van der Waals surface area contributed by atoms with Crippen LogP contribution in [0, 0.1) is 11.7 Å². The van der Waals surface area contributed by atoms with E-state index >= 15 is 0 Å². The van der Waals surface area contributed by atoms with Gasteiger partial charge in [-0.3, -0.25) is 0 Å². The summed E-state index contributed by atoms with van der Waals surface area (Å²) in [5.41, 5.74) is 1.18. The Morgan fingerprint density at radius 2 is 1.85 bits per heavy atom. The maximum absolute atomic E-state index is 13.2. The van der Waals surface area contributed by atoms with Crippen molar-refractivity contribution in [3.05, 3.63) is 53.8 Å². The summed E-state index contributed by atoms with van der Waals surface area (Å²) in [5, 5.41) is 3.43. The van der Waals surface area contributed by atoms with Gasteiger partial charge in [-0.2, -0.15) is 0 Å². The molecule has 2 aromatic carbocycles. The normalized spacial score (nSPS) is 20.7. The second-order valence-corrected chi connectivity index (χ2v) is 6.24. The molecule has 0 unspecified atom stereocenters. The van der Waals surface area contributed by atoms with E-state index in [4.69, 9.17) is 14.2 Å². The van der Waals surface area contributed by atoms with Crippen molar-refractivity contribution in [1.82, 2.24) is 5.32 Å². The van der Waals surface area contributed by atoms with Gasteiger partial charge < -0.3 is 25.0 Å². The molecule has 0 spiro atoms. The van der Waals surface area contributed by atoms with E-state index in [0.717, 1.165) is 36.8 Å². The number of rotatable bonds is 4. The minimum absolute atomic E-state index is 0. The van der Waals surface area contributed by atoms with Gasteiger partial charge in [0.05, 0.1) is 6.61 Å². The van der Waals surface area contributed by atoms with E-state index in [2.05, 4.69) is 5.32 Å². The predicted octanol–water partition coefficient (Wildman–Crippen LogP) is 2.92. The second kappa shape index (κ2) is 9.07. The van der Waals surface area contributed by atoms with Gasteiger partial charge in [0.15, 0.2) is 11.5 Å². The van der Waals surface area contributed by atoms with E-state index in [-0.39, 0.29) is 30.5 Å². The molecule has 1 fully saturated rings. The molecular formula is C19H23ClFNO4. The molecule has 4 rings (SSSR count). The summed E-state index contributed by atoms with van der Waals surface area (Å²) < 4.78 is 29.9. The van der Waals surface area contributed by atoms with Gasteiger partial charge in [-0.1, -0.05) is 12.1 Å². The highest BCUT2D eigenvalue weighted by atomic mass is 35.5. The fourth-order valence-electron chi connectivity index (χ4n) is 3.42. The summed E-state index contributed by atoms with van der Waals surface area (Å²) >= 11 is 0. The number of hydrogen-bond donors (Lipinski definition) is 1. The standard InChI is InChI=1S/C19H20FNO3.ClH.H2O/c20-15-3-1-13(2-4-15)17-7-8-21-10-14(17)11-22-16-5-6-18-19(9-16)24-12-23-18;;/h1-6,9,14,17,21H,7-8,10-12H2;1H;1H2/t14-,17-;;/m1../s1. The van der Waals surface area contributed by atoms with Gasteiger partial charge in [0.2, 0.25) is 6.79 Å². The molecule has 142 valence electrons. The Bertz CT molecular complexity index is 713. The second-order valence-electron chi connectivity index (χ2n) is 6.24. The average molecular weight is 384 g/mol. The molecule has 0 saturated carbocycles. The molecule has 0 aromatic heterocycles. The topological polar surface area (TPSA) is 71.2 Å². The van der Waals surface area contributed by atoms with E-state index < -0.39 is 0 Å². The van der Waals surface area contributed by atoms with E-state index in [0.29, 0.717) is 18.4 Å². The zero-order valence-electron chi connectivity index (χ0n) is 14.2. The molecule has 1 saturated heterocycles. The number of fused-ring (bicyclic) bond motifs is 1. The van der Waals surface area contributed by atoms with Gasteiger partial charge in [0.1, 0.15) is 11.6 Å². The number of hydrogen-bond acceptors (Lipinski definition) is 4. The van der Waals surface area contributed by atoms with Crippen molar-refractivity contribution in [2.24, 2.45) is 5.92 Å². The molecule has 26 heavy (non-hydrogen) atoms. The third kappa shape index (κ3) is 4.38. The predicted molar refractivity (Wildman–Crippen MR) is 99.0 cm³/mol. The van der Waals surface area contributed by atoms with Crippen molar-refractivity contribution in [3.63, 3.8) is 0 Å². The van der Waals surface area contributed by atoms with Crippen LogP contribution in [-0.2, 0) is 0 Å². The number of ether oxygens (including phenoxy) is 3. The van der Waals surface area contributed by atoms with Crippen LogP contribution < -0.4 is 19.5 Å². The lowest BCUT2D eigenvalue weighted by Crippen LogP contribution is -2.38. The fraction of sp³-hybridized carbons (Fsp3) is 0.368. The van der Waals surface area contributed by atoms with Crippen LogP contribution in [0.4, 0.5) is 4.39 Å². The summed E-state index contributed by atoms with van der Waals surface area (Å²) in [7, 11) is 0. The first kappa shape index (κ1) is 20.3. The van der Waals surface area contributed by atoms with Crippen LogP contribution in [0.3, 0.4) is 0 Å². The van der Waals surface area contributed by atoms with Gasteiger partial charge in [0.25, 0.3) is 0 Å². The lowest BCUT2D eigenvalue weighted by Gasteiger charge is -2.32. The first-order chi connectivity index (χ1) is 11.8. The van der Waals surface area contributed by atoms with Crippen LogP contribution >= 0.6 is 12.4 Å². The van der Waals surface area contributed by atoms with Gasteiger partial charge in [-0.15, -0.1) is 12.4 Å². The summed E-state index contributed by atoms with van der Waals surface area (Å²) in [4.78, 5) is 0. The highest BCUT2D eigenvalue weighted by Crippen LogP contribution is 2.36. The van der Waals surface area contributed by atoms with Crippen LogP contribution in [-0.4, -0.2) is 32.0 Å². The Hall–Kier alpha value is -2.02. The zero-order valence-corrected chi connectivity index (χ0v) is 15.1. The molecule has 2 atom stereocenters. The van der Waals surface area contributed by atoms with Crippen molar-refractivity contribution < 1.29 is 24.1 Å². The fourth-order valence-corrected chi connectivity index (χ4v) is 3.42. The van der Waals surface area contributed by atoms with E-state index in [1.54, 1.807) is 0 Å². The number of piperidine rings is 1. The van der Waals surface area contributed by atoms with Crippen molar-refractivity contribution in [2.75, 3.05) is 26.5 Å². The largest absolute Gasteiger partial charge is 0.493 e. The molecule has 0 radical (unpaired) electrons. The third-order valence-electron chi connectivity index (χ3n) is 4.71. The Labute approximate surface area is 158 Å². The molecule has 3 N–H and O–H groups in total. The SMILES string of the molecule is Cl.Fc1ccc([C@H]2CCNC[C@@H]2COc2ccc3c(c2)OCO3)cc1.O. The van der Waals surface area contributed by atoms with Crippen LogP contribution in [0.1, 0.15) is 17.9 Å². The molecule has 5 nitrogen and oxygen atoms in total. The van der Waals surface area contributed by atoms with E-state index in [1.165, 1.54) is 17.7 Å². The van der Waals surface area contributed by atoms with E-state index in [1.807, 2.05) is 30.3 Å². The molecule has 0 amide bonds. The molecule has 0 aliphatic carbocycles. The molecule has 0 bridgehead atoms. The van der Waals surface area contributed by atoms with Crippen molar-refractivity contribution in [3.8, 4) is 17.2 Å². The number of halogens is 2. The lowest BCUT2D eigenvalue weighted by atomic mass is 9.81. The summed E-state index contributed by atoms with van der Waals surface area (Å²) in [5.74, 6) is 2.79. The Morgan fingerprint density at radius 3 is 2.65 bits per heavy atom. The van der Waals surface area contributed by atoms with Crippen LogP contribution in [0.5, 0.6) is 17.2 Å². The first-order valence-electron chi connectivity index (χ1n) is 8.28. The van der Waals surface area contributed by atoms with Gasteiger partial charge in [-0.05, 0) is 48.7 Å². The first-order valence-corrected chi connectivity index (χ1v) is 8.28. The minimum Gasteiger partial charge on any atom is -0.493 e. The van der Waals surface area contributed by atoms with E-state index in [9.17, 15) is 4.39 Å². The van der Waals surface area contributed by atoms with Crippen molar-refractivity contribution >= 4 is 12.4 Å². The molecular weight excluding hydrogens is 361 g/mol. The van der Waals surface area contributed by atoms with Gasteiger partial charge >= 0.3 is 0 Å². The molecule has 2 aromatic rings. The Morgan fingerprint density at radius 1 is 1.08 bits per heavy atom. The quantitative estimate of drug-likeness (QED) is 0.881. The monoisotopic (exact) mass is 383 g/mol. The Kier molecular flexibility index (Phi) is 7.08. The van der Waals surface area contributed by atoms with Crippen molar-refractivity contribution in [1.29, 1.82) is 0 Å². The van der Waals surface area contributed by atoms with Crippen molar-refractivity contribution in [2.45, 2.75) is 12.3 Å². The molecule has 2 aliphatic heterocycles. The van der Waals surface area contributed by atoms with Crippen LogP contribution in [0.2, 0.25) is 0 Å². The molecule has 2 heterocycles. The number of benzene rings is 2. The summed E-state index contributed by atoms with van der Waals surface area (Å²) in [6.07, 6.45) is 1.03. The molecule has 7 heteroatoms. The smallest absolute Gasteiger partial charge is 0.231 e. The zero-order chi connectivity index (χ0) is 16.4. The maximum Gasteiger partial charge on any atom is 0.231 e. The maximum atomic E-state index is 13.2. The average Bonchev–Trinajstić information content (AvgIpc) is 3.09. The third-order valence-corrected chi connectivity index (χ3v) is 4.71. The minimum atomic E-state index is -0.194. The number of nitrogens with one attached hydrogen (secondary N) is 1.